The van der Waals surface area contributed by atoms with E-state index in [1.54, 1.807) is 6.92 Å². The van der Waals surface area contributed by atoms with E-state index in [9.17, 15) is 29.8 Å². The van der Waals surface area contributed by atoms with Crippen molar-refractivity contribution in [2.24, 2.45) is 11.1 Å². The van der Waals surface area contributed by atoms with Crippen LogP contribution >= 0.6 is 0 Å². The zero-order chi connectivity index (χ0) is 22.9. The summed E-state index contributed by atoms with van der Waals surface area (Å²) >= 11 is 0. The maximum absolute atomic E-state index is 13.1. The Morgan fingerprint density at radius 3 is 2.45 bits per heavy atom. The van der Waals surface area contributed by atoms with Crippen molar-refractivity contribution in [3.05, 3.63) is 63.9 Å². The van der Waals surface area contributed by atoms with Crippen molar-refractivity contribution in [3.63, 3.8) is 0 Å². The van der Waals surface area contributed by atoms with E-state index in [1.165, 1.54) is 54.4 Å². The van der Waals surface area contributed by atoms with Crippen LogP contribution in [0.25, 0.3) is 0 Å². The maximum atomic E-state index is 13.1. The number of hydrogen-bond donors (Lipinski definition) is 1. The van der Waals surface area contributed by atoms with E-state index in [2.05, 4.69) is 6.07 Å². The number of carbonyl (C=O) groups excluding carboxylic acids is 3. The van der Waals surface area contributed by atoms with Crippen LogP contribution in [0.1, 0.15) is 25.3 Å². The highest BCUT2D eigenvalue weighted by Gasteiger charge is 2.66. The first-order valence-corrected chi connectivity index (χ1v) is 9.49. The van der Waals surface area contributed by atoms with Gasteiger partial charge in [-0.2, -0.15) is 5.26 Å². The van der Waals surface area contributed by atoms with Gasteiger partial charge in [0.05, 0.1) is 23.6 Å². The number of fused-ring (bicyclic) bond motifs is 1. The van der Waals surface area contributed by atoms with Crippen LogP contribution in [0.5, 0.6) is 0 Å². The topological polar surface area (TPSA) is 157 Å². The lowest BCUT2D eigenvalue weighted by Crippen LogP contribution is -2.45. The second kappa shape index (κ2) is 8.02. The van der Waals surface area contributed by atoms with E-state index in [4.69, 9.17) is 10.5 Å². The summed E-state index contributed by atoms with van der Waals surface area (Å²) in [5, 5.41) is 21.3. The molecule has 3 rings (SSSR count). The maximum Gasteiger partial charge on any atom is 0.329 e. The Kier molecular flexibility index (Phi) is 5.62. The molecule has 2 aliphatic heterocycles. The third-order valence-corrected chi connectivity index (χ3v) is 5.62. The van der Waals surface area contributed by atoms with Gasteiger partial charge in [0.1, 0.15) is 6.04 Å². The van der Waals surface area contributed by atoms with Gasteiger partial charge in [-0.05, 0) is 19.4 Å². The Labute approximate surface area is 177 Å². The molecule has 0 radical (unpaired) electrons. The molecule has 0 saturated carbocycles. The fourth-order valence-corrected chi connectivity index (χ4v) is 4.27. The standard InChI is InChI=1S/C21H20N4O6/c1-3-31-20(28)21(11-22)16-9-6-14(12(2)26)10-24(16)18(19(23)27)17(21)13-4-7-15(8-5-13)25(29)30/h4-10,16-18H,3H2,1-2H3,(H2,23,27). The zero-order valence-corrected chi connectivity index (χ0v) is 16.8. The molecule has 4 unspecified atom stereocenters. The molecular weight excluding hydrogens is 404 g/mol. The normalized spacial score (nSPS) is 26.4. The number of ketones is 1. The third kappa shape index (κ3) is 3.34. The Morgan fingerprint density at radius 2 is 1.97 bits per heavy atom. The lowest BCUT2D eigenvalue weighted by molar-refractivity contribution is -0.384. The Hall–Kier alpha value is -4.00. The van der Waals surface area contributed by atoms with Crippen molar-refractivity contribution in [3.8, 4) is 6.07 Å². The summed E-state index contributed by atoms with van der Waals surface area (Å²) in [7, 11) is 0. The van der Waals surface area contributed by atoms with Crippen molar-refractivity contribution in [1.29, 1.82) is 5.26 Å². The number of hydrogen-bond acceptors (Lipinski definition) is 8. The summed E-state index contributed by atoms with van der Waals surface area (Å²) in [6.07, 6.45) is 4.42. The first kappa shape index (κ1) is 21.7. The summed E-state index contributed by atoms with van der Waals surface area (Å²) in [6.45, 7) is 2.94. The van der Waals surface area contributed by atoms with Crippen molar-refractivity contribution in [2.45, 2.75) is 31.8 Å². The number of allylic oxidation sites excluding steroid dienone is 2. The number of nitrogens with zero attached hydrogens (tertiary/aromatic N) is 3. The number of non-ortho nitro benzene ring substituents is 1. The monoisotopic (exact) mass is 424 g/mol. The fraction of sp³-hybridized carbons (Fsp3) is 0.333. The van der Waals surface area contributed by atoms with Crippen molar-refractivity contribution in [1.82, 2.24) is 4.90 Å². The number of nitro groups is 1. The van der Waals surface area contributed by atoms with Crippen molar-refractivity contribution >= 4 is 23.3 Å². The molecule has 2 N–H and O–H groups in total. The summed E-state index contributed by atoms with van der Waals surface area (Å²) < 4.78 is 5.22. The number of rotatable bonds is 6. The zero-order valence-electron chi connectivity index (χ0n) is 16.8. The van der Waals surface area contributed by atoms with Gasteiger partial charge in [-0.15, -0.1) is 0 Å². The van der Waals surface area contributed by atoms with Crippen molar-refractivity contribution in [2.75, 3.05) is 6.61 Å². The molecule has 1 saturated heterocycles. The number of primary amides is 1. The predicted octanol–water partition coefficient (Wildman–Crippen LogP) is 1.33. The van der Waals surface area contributed by atoms with Gasteiger partial charge in [-0.25, -0.2) is 0 Å². The predicted molar refractivity (Wildman–Crippen MR) is 107 cm³/mol. The lowest BCUT2D eigenvalue weighted by atomic mass is 9.68. The number of esters is 1. The molecule has 1 fully saturated rings. The van der Waals surface area contributed by atoms with Crippen molar-refractivity contribution < 1.29 is 24.0 Å². The summed E-state index contributed by atoms with van der Waals surface area (Å²) in [5.74, 6) is -3.02. The molecule has 0 bridgehead atoms. The van der Waals surface area contributed by atoms with Crippen LogP contribution in [0.15, 0.2) is 48.2 Å². The molecule has 1 aromatic carbocycles. The molecule has 2 aliphatic rings. The van der Waals surface area contributed by atoms with Crippen LogP contribution in [0.4, 0.5) is 5.69 Å². The van der Waals surface area contributed by atoms with E-state index < -0.39 is 40.2 Å². The molecule has 10 nitrogen and oxygen atoms in total. The number of nitrogens with two attached hydrogens (primary N) is 1. The Morgan fingerprint density at radius 1 is 1.32 bits per heavy atom. The SMILES string of the molecule is CCOC(=O)C1(C#N)C(c2ccc([N+](=O)[O-])cc2)C(C(N)=O)N2C=C(C(C)=O)C=CC21. The molecular formula is C21H20N4O6. The Balaban J connectivity index is 2.27. The highest BCUT2D eigenvalue weighted by Crippen LogP contribution is 2.53. The van der Waals surface area contributed by atoms with Gasteiger partial charge in [0.25, 0.3) is 5.69 Å². The largest absolute Gasteiger partial charge is 0.465 e. The minimum absolute atomic E-state index is 0.00144. The van der Waals surface area contributed by atoms with Gasteiger partial charge in [0.2, 0.25) is 5.91 Å². The van der Waals surface area contributed by atoms with E-state index in [0.717, 1.165) is 0 Å². The van der Waals surface area contributed by atoms with Crippen LogP contribution < -0.4 is 5.73 Å². The molecule has 1 amide bonds. The average molecular weight is 424 g/mol. The molecule has 160 valence electrons. The van der Waals surface area contributed by atoms with E-state index in [-0.39, 0.29) is 23.7 Å². The van der Waals surface area contributed by atoms with E-state index in [0.29, 0.717) is 5.56 Å². The smallest absolute Gasteiger partial charge is 0.329 e. The summed E-state index contributed by atoms with van der Waals surface area (Å²) in [4.78, 5) is 49.5. The first-order valence-electron chi connectivity index (χ1n) is 9.49. The minimum atomic E-state index is -1.87. The number of nitriles is 1. The van der Waals surface area contributed by atoms with Crippen LogP contribution in [-0.2, 0) is 19.1 Å². The summed E-state index contributed by atoms with van der Waals surface area (Å²) in [5.41, 5.74) is 4.25. The van der Waals surface area contributed by atoms with Gasteiger partial charge in [0.15, 0.2) is 11.2 Å². The number of ether oxygens (including phenoxy) is 1. The molecule has 4 atom stereocenters. The molecule has 0 spiro atoms. The number of carbonyl (C=O) groups is 3. The van der Waals surface area contributed by atoms with Crippen LogP contribution in [-0.4, -0.2) is 46.2 Å². The van der Waals surface area contributed by atoms with Gasteiger partial charge in [0, 0.05) is 29.8 Å². The highest BCUT2D eigenvalue weighted by atomic mass is 16.6. The number of amides is 1. The number of nitro benzene ring substituents is 1. The molecule has 0 aliphatic carbocycles. The van der Waals surface area contributed by atoms with E-state index in [1.807, 2.05) is 0 Å². The van der Waals surface area contributed by atoms with Gasteiger partial charge >= 0.3 is 5.97 Å². The Bertz CT molecular complexity index is 1050. The van der Waals surface area contributed by atoms with Gasteiger partial charge in [-0.1, -0.05) is 24.3 Å². The molecule has 31 heavy (non-hydrogen) atoms. The average Bonchev–Trinajstić information content (AvgIpc) is 3.04. The molecule has 10 heteroatoms. The fourth-order valence-electron chi connectivity index (χ4n) is 4.27. The summed E-state index contributed by atoms with van der Waals surface area (Å²) in [6, 6.07) is 5.18. The number of benzene rings is 1. The van der Waals surface area contributed by atoms with Gasteiger partial charge < -0.3 is 15.4 Å². The first-order chi connectivity index (χ1) is 14.7. The lowest BCUT2D eigenvalue weighted by Gasteiger charge is -2.32. The number of Topliss-reactive ketones (excluding diaryl/α,β-unsaturated/α-hetero) is 1. The second-order valence-corrected chi connectivity index (χ2v) is 7.27. The van der Waals surface area contributed by atoms with Crippen LogP contribution in [0.3, 0.4) is 0 Å². The quantitative estimate of drug-likeness (QED) is 0.407. The highest BCUT2D eigenvalue weighted by molar-refractivity contribution is 5.97. The van der Waals surface area contributed by atoms with E-state index >= 15 is 0 Å². The third-order valence-electron chi connectivity index (χ3n) is 5.62. The molecule has 0 aromatic heterocycles. The second-order valence-electron chi connectivity index (χ2n) is 7.27. The van der Waals surface area contributed by atoms with Crippen LogP contribution in [0.2, 0.25) is 0 Å². The molecule has 1 aromatic rings. The molecule has 2 heterocycles. The van der Waals surface area contributed by atoms with Gasteiger partial charge in [-0.3, -0.25) is 24.5 Å². The minimum Gasteiger partial charge on any atom is -0.465 e. The van der Waals surface area contributed by atoms with Crippen LogP contribution in [0, 0.1) is 26.9 Å².